The first-order valence-corrected chi connectivity index (χ1v) is 5.79. The average Bonchev–Trinajstić information content (AvgIpc) is 2.20. The summed E-state index contributed by atoms with van der Waals surface area (Å²) < 4.78 is 11.7. The van der Waals surface area contributed by atoms with Crippen LogP contribution >= 0.6 is 15.9 Å². The molecule has 0 saturated carbocycles. The topological polar surface area (TPSA) is 44.5 Å². The molecular formula is C11H16BrNO2. The summed E-state index contributed by atoms with van der Waals surface area (Å²) in [6.07, 6.45) is 1.03. The lowest BCUT2D eigenvalue weighted by atomic mass is 10.3. The van der Waals surface area contributed by atoms with Gasteiger partial charge in [0.2, 0.25) is 0 Å². The smallest absolute Gasteiger partial charge is 0.142 e. The third kappa shape index (κ3) is 4.53. The van der Waals surface area contributed by atoms with Crippen molar-refractivity contribution in [3.63, 3.8) is 0 Å². The van der Waals surface area contributed by atoms with Gasteiger partial charge in [0.15, 0.2) is 0 Å². The number of benzene rings is 1. The second-order valence-electron chi connectivity index (χ2n) is 3.14. The van der Waals surface area contributed by atoms with Crippen LogP contribution in [0.3, 0.4) is 0 Å². The highest BCUT2D eigenvalue weighted by Gasteiger charge is 2.00. The predicted octanol–water partition coefficient (Wildman–Crippen LogP) is 2.84. The number of nitrogens with two attached hydrogens (primary N) is 1. The predicted molar refractivity (Wildman–Crippen MR) is 65.2 cm³/mol. The van der Waals surface area contributed by atoms with Crippen molar-refractivity contribution in [3.8, 4) is 5.75 Å². The van der Waals surface area contributed by atoms with E-state index in [1.54, 1.807) is 0 Å². The molecule has 0 aliphatic carbocycles. The van der Waals surface area contributed by atoms with Crippen molar-refractivity contribution in [1.82, 2.24) is 0 Å². The molecule has 0 atom stereocenters. The molecule has 0 fully saturated rings. The summed E-state index contributed by atoms with van der Waals surface area (Å²) in [4.78, 5) is 0. The Morgan fingerprint density at radius 1 is 1.27 bits per heavy atom. The van der Waals surface area contributed by atoms with Gasteiger partial charge in [-0.2, -0.15) is 0 Å². The normalized spacial score (nSPS) is 10.3. The van der Waals surface area contributed by atoms with Crippen LogP contribution in [-0.4, -0.2) is 19.8 Å². The van der Waals surface area contributed by atoms with Crippen LogP contribution in [0.25, 0.3) is 0 Å². The molecule has 0 heterocycles. The summed E-state index contributed by atoms with van der Waals surface area (Å²) in [6.45, 7) is 3.99. The molecule has 1 rings (SSSR count). The van der Waals surface area contributed by atoms with Crippen LogP contribution in [-0.2, 0) is 4.74 Å². The lowest BCUT2D eigenvalue weighted by molar-refractivity contribution is 0.101. The minimum atomic E-state index is 0.534. The first-order valence-electron chi connectivity index (χ1n) is 4.99. The summed E-state index contributed by atoms with van der Waals surface area (Å²) in [5.74, 6) is 0.707. The zero-order valence-electron chi connectivity index (χ0n) is 8.83. The molecule has 0 spiro atoms. The molecule has 0 bridgehead atoms. The molecule has 0 amide bonds. The summed E-state index contributed by atoms with van der Waals surface area (Å²) in [5, 5.41) is 0. The van der Waals surface area contributed by atoms with Crippen molar-refractivity contribution < 1.29 is 9.47 Å². The average molecular weight is 274 g/mol. The number of ether oxygens (including phenoxy) is 2. The second-order valence-corrected chi connectivity index (χ2v) is 4.06. The number of halogens is 1. The van der Waals surface area contributed by atoms with Crippen molar-refractivity contribution in [2.24, 2.45) is 0 Å². The summed E-state index contributed by atoms with van der Waals surface area (Å²) in [7, 11) is 0. The molecule has 1 aromatic rings. The fourth-order valence-corrected chi connectivity index (χ4v) is 1.49. The van der Waals surface area contributed by atoms with E-state index in [0.717, 1.165) is 17.5 Å². The fourth-order valence-electron chi connectivity index (χ4n) is 1.11. The van der Waals surface area contributed by atoms with Crippen molar-refractivity contribution in [3.05, 3.63) is 22.7 Å². The van der Waals surface area contributed by atoms with E-state index in [0.29, 0.717) is 24.7 Å². The van der Waals surface area contributed by atoms with Gasteiger partial charge in [-0.15, -0.1) is 0 Å². The maximum Gasteiger partial charge on any atom is 0.142 e. The van der Waals surface area contributed by atoms with E-state index in [2.05, 4.69) is 22.9 Å². The summed E-state index contributed by atoms with van der Waals surface area (Å²) in [6, 6.07) is 5.57. The fraction of sp³-hybridized carbons (Fsp3) is 0.455. The summed E-state index contributed by atoms with van der Waals surface area (Å²) in [5.41, 5.74) is 6.41. The molecule has 0 unspecified atom stereocenters. The van der Waals surface area contributed by atoms with Gasteiger partial charge in [-0.25, -0.2) is 0 Å². The largest absolute Gasteiger partial charge is 0.489 e. The molecule has 0 radical (unpaired) electrons. The molecule has 15 heavy (non-hydrogen) atoms. The van der Waals surface area contributed by atoms with Crippen LogP contribution in [0.1, 0.15) is 13.3 Å². The van der Waals surface area contributed by atoms with Crippen LogP contribution in [0.4, 0.5) is 5.69 Å². The highest BCUT2D eigenvalue weighted by molar-refractivity contribution is 9.10. The van der Waals surface area contributed by atoms with Gasteiger partial charge in [-0.3, -0.25) is 0 Å². The molecule has 3 nitrogen and oxygen atoms in total. The first-order chi connectivity index (χ1) is 7.24. The van der Waals surface area contributed by atoms with Crippen molar-refractivity contribution in [2.75, 3.05) is 25.6 Å². The number of nitrogen functional groups attached to an aromatic ring is 1. The Balaban J connectivity index is 2.31. The van der Waals surface area contributed by atoms with Crippen molar-refractivity contribution in [1.29, 1.82) is 0 Å². The highest BCUT2D eigenvalue weighted by Crippen LogP contribution is 2.24. The molecule has 0 aromatic heterocycles. The minimum Gasteiger partial charge on any atom is -0.489 e. The molecule has 2 N–H and O–H groups in total. The molecule has 0 aliphatic heterocycles. The van der Waals surface area contributed by atoms with Gasteiger partial charge in [-0.1, -0.05) is 22.9 Å². The van der Waals surface area contributed by atoms with Crippen molar-refractivity contribution >= 4 is 21.6 Å². The van der Waals surface area contributed by atoms with E-state index in [9.17, 15) is 0 Å². The monoisotopic (exact) mass is 273 g/mol. The third-order valence-electron chi connectivity index (χ3n) is 1.81. The number of rotatable bonds is 6. The van der Waals surface area contributed by atoms with Gasteiger partial charge < -0.3 is 15.2 Å². The zero-order valence-corrected chi connectivity index (χ0v) is 10.4. The standard InChI is InChI=1S/C11H16BrNO2/c1-2-5-14-6-7-15-11-4-3-9(12)8-10(11)13/h3-4,8H,2,5-7,13H2,1H3. The van der Waals surface area contributed by atoms with Gasteiger partial charge in [-0.05, 0) is 24.6 Å². The van der Waals surface area contributed by atoms with Crippen LogP contribution in [0, 0.1) is 0 Å². The van der Waals surface area contributed by atoms with Crippen LogP contribution < -0.4 is 10.5 Å². The lowest BCUT2D eigenvalue weighted by Crippen LogP contribution is -2.08. The second kappa shape index (κ2) is 6.69. The quantitative estimate of drug-likeness (QED) is 0.640. The maximum atomic E-state index is 5.77. The SMILES string of the molecule is CCCOCCOc1ccc(Br)cc1N. The van der Waals surface area contributed by atoms with Crippen LogP contribution in [0.15, 0.2) is 22.7 Å². The van der Waals surface area contributed by atoms with Crippen molar-refractivity contribution in [2.45, 2.75) is 13.3 Å². The van der Waals surface area contributed by atoms with E-state index in [-0.39, 0.29) is 0 Å². The number of hydrogen-bond acceptors (Lipinski definition) is 3. The first kappa shape index (κ1) is 12.3. The molecule has 4 heteroatoms. The Kier molecular flexibility index (Phi) is 5.50. The van der Waals surface area contributed by atoms with E-state index in [4.69, 9.17) is 15.2 Å². The van der Waals surface area contributed by atoms with Gasteiger partial charge >= 0.3 is 0 Å². The Morgan fingerprint density at radius 3 is 2.73 bits per heavy atom. The van der Waals surface area contributed by atoms with Gasteiger partial charge in [0.1, 0.15) is 12.4 Å². The molecule has 84 valence electrons. The number of hydrogen-bond donors (Lipinski definition) is 1. The van der Waals surface area contributed by atoms with Gasteiger partial charge in [0.25, 0.3) is 0 Å². The zero-order chi connectivity index (χ0) is 11.1. The Bertz CT molecular complexity index is 305. The van der Waals surface area contributed by atoms with Crippen LogP contribution in [0.2, 0.25) is 0 Å². The number of anilines is 1. The molecular weight excluding hydrogens is 258 g/mol. The maximum absolute atomic E-state index is 5.77. The molecule has 1 aromatic carbocycles. The highest BCUT2D eigenvalue weighted by atomic mass is 79.9. The van der Waals surface area contributed by atoms with Gasteiger partial charge in [0.05, 0.1) is 12.3 Å². The lowest BCUT2D eigenvalue weighted by Gasteiger charge is -2.09. The molecule has 0 saturated heterocycles. The minimum absolute atomic E-state index is 0.534. The Morgan fingerprint density at radius 2 is 2.07 bits per heavy atom. The van der Waals surface area contributed by atoms with E-state index < -0.39 is 0 Å². The van der Waals surface area contributed by atoms with E-state index >= 15 is 0 Å². The van der Waals surface area contributed by atoms with E-state index in [1.165, 1.54) is 0 Å². The summed E-state index contributed by atoms with van der Waals surface area (Å²) >= 11 is 3.34. The third-order valence-corrected chi connectivity index (χ3v) is 2.30. The van der Waals surface area contributed by atoms with E-state index in [1.807, 2.05) is 18.2 Å². The van der Waals surface area contributed by atoms with Crippen LogP contribution in [0.5, 0.6) is 5.75 Å². The van der Waals surface area contributed by atoms with Gasteiger partial charge in [0, 0.05) is 11.1 Å². The molecule has 0 aliphatic rings. The Hall–Kier alpha value is -0.740. The Labute approximate surface area is 98.7 Å².